The summed E-state index contributed by atoms with van der Waals surface area (Å²) in [6, 6.07) is 8.40. The van der Waals surface area contributed by atoms with Gasteiger partial charge in [0, 0.05) is 12.8 Å². The molecule has 1 nitrogen and oxygen atoms in total. The van der Waals surface area contributed by atoms with Crippen LogP contribution in [0.15, 0.2) is 24.3 Å². The fourth-order valence-electron chi connectivity index (χ4n) is 1.50. The third-order valence-electron chi connectivity index (χ3n) is 2.26. The van der Waals surface area contributed by atoms with Gasteiger partial charge in [-0.2, -0.15) is 0 Å². The summed E-state index contributed by atoms with van der Waals surface area (Å²) in [4.78, 5) is 10.3. The number of carbonyl (C=O) groups is 1. The molecule has 1 heteroatoms. The molecule has 0 saturated heterocycles. The van der Waals surface area contributed by atoms with Gasteiger partial charge in [0.25, 0.3) is 0 Å². The zero-order valence-electron chi connectivity index (χ0n) is 9.12. The average molecular weight is 200 g/mol. The van der Waals surface area contributed by atoms with Crippen LogP contribution < -0.4 is 0 Å². The predicted octanol–water partition coefficient (Wildman–Crippen LogP) is 2.77. The Morgan fingerprint density at radius 1 is 1.27 bits per heavy atom. The summed E-state index contributed by atoms with van der Waals surface area (Å²) >= 11 is 0. The third-order valence-corrected chi connectivity index (χ3v) is 2.26. The van der Waals surface area contributed by atoms with E-state index in [0.29, 0.717) is 6.42 Å². The topological polar surface area (TPSA) is 17.1 Å². The molecule has 0 aromatic heterocycles. The Labute approximate surface area is 91.5 Å². The lowest BCUT2D eigenvalue weighted by Gasteiger charge is -2.01. The van der Waals surface area contributed by atoms with E-state index >= 15 is 0 Å². The first-order valence-electron chi connectivity index (χ1n) is 5.28. The van der Waals surface area contributed by atoms with Gasteiger partial charge >= 0.3 is 0 Å². The van der Waals surface area contributed by atoms with E-state index in [4.69, 9.17) is 0 Å². The largest absolute Gasteiger partial charge is 0.303 e. The van der Waals surface area contributed by atoms with Gasteiger partial charge in [-0.1, -0.05) is 24.3 Å². The van der Waals surface area contributed by atoms with Crippen molar-refractivity contribution >= 4 is 6.29 Å². The second-order valence-corrected chi connectivity index (χ2v) is 3.45. The van der Waals surface area contributed by atoms with E-state index in [9.17, 15) is 4.79 Å². The maximum atomic E-state index is 10.3. The molecule has 1 rings (SSSR count). The van der Waals surface area contributed by atoms with Gasteiger partial charge in [0.2, 0.25) is 0 Å². The van der Waals surface area contributed by atoms with Gasteiger partial charge in [0.15, 0.2) is 0 Å². The highest BCUT2D eigenvalue weighted by molar-refractivity contribution is 5.50. The molecule has 0 amide bonds. The first-order chi connectivity index (χ1) is 7.36. The molecule has 0 heterocycles. The van der Waals surface area contributed by atoms with E-state index in [-0.39, 0.29) is 0 Å². The van der Waals surface area contributed by atoms with Crippen molar-refractivity contribution in [3.8, 4) is 11.8 Å². The van der Waals surface area contributed by atoms with Crippen LogP contribution in [0.25, 0.3) is 0 Å². The number of carbonyl (C=O) groups excluding carboxylic acids is 1. The molecule has 0 N–H and O–H groups in total. The fourth-order valence-corrected chi connectivity index (χ4v) is 1.50. The summed E-state index contributed by atoms with van der Waals surface area (Å²) < 4.78 is 0. The molecule has 0 fully saturated rings. The minimum atomic E-state index is 0.609. The van der Waals surface area contributed by atoms with Gasteiger partial charge in [-0.05, 0) is 30.9 Å². The number of hydrogen-bond acceptors (Lipinski definition) is 1. The van der Waals surface area contributed by atoms with Crippen LogP contribution in [-0.4, -0.2) is 6.29 Å². The maximum Gasteiger partial charge on any atom is 0.120 e. The summed E-state index contributed by atoms with van der Waals surface area (Å²) in [5.74, 6) is 5.94. The van der Waals surface area contributed by atoms with Crippen molar-refractivity contribution in [3.63, 3.8) is 0 Å². The van der Waals surface area contributed by atoms with Crippen LogP contribution in [0.4, 0.5) is 0 Å². The van der Waals surface area contributed by atoms with Crippen molar-refractivity contribution in [3.05, 3.63) is 35.4 Å². The molecule has 78 valence electrons. The molecular weight excluding hydrogens is 184 g/mol. The number of aryl methyl sites for hydroxylation is 2. The van der Waals surface area contributed by atoms with Crippen LogP contribution in [-0.2, 0) is 17.6 Å². The van der Waals surface area contributed by atoms with Crippen LogP contribution in [0.1, 0.15) is 30.9 Å². The molecule has 0 aliphatic rings. The fraction of sp³-hybridized carbons (Fsp3) is 0.357. The Morgan fingerprint density at radius 2 is 2.00 bits per heavy atom. The first kappa shape index (κ1) is 11.5. The van der Waals surface area contributed by atoms with Crippen LogP contribution >= 0.6 is 0 Å². The molecule has 0 unspecified atom stereocenters. The number of benzene rings is 1. The van der Waals surface area contributed by atoms with Gasteiger partial charge < -0.3 is 4.79 Å². The number of hydrogen-bond donors (Lipinski definition) is 0. The average Bonchev–Trinajstić information content (AvgIpc) is 2.27. The highest BCUT2D eigenvalue weighted by Crippen LogP contribution is 2.08. The van der Waals surface area contributed by atoms with Crippen molar-refractivity contribution in [2.75, 3.05) is 0 Å². The highest BCUT2D eigenvalue weighted by atomic mass is 16.1. The third kappa shape index (κ3) is 4.46. The molecular formula is C14H16O. The summed E-state index contributed by atoms with van der Waals surface area (Å²) in [5, 5.41) is 0. The zero-order chi connectivity index (χ0) is 10.9. The van der Waals surface area contributed by atoms with Crippen LogP contribution in [0.2, 0.25) is 0 Å². The summed E-state index contributed by atoms with van der Waals surface area (Å²) in [7, 11) is 0. The maximum absolute atomic E-state index is 10.3. The van der Waals surface area contributed by atoms with Gasteiger partial charge in [0.05, 0.1) is 0 Å². The highest BCUT2D eigenvalue weighted by Gasteiger charge is 1.95. The Kier molecular flexibility index (Phi) is 5.25. The van der Waals surface area contributed by atoms with Crippen LogP contribution in [0, 0.1) is 11.8 Å². The van der Waals surface area contributed by atoms with Crippen LogP contribution in [0.5, 0.6) is 0 Å². The molecule has 0 aliphatic carbocycles. The minimum absolute atomic E-state index is 0.609. The molecule has 15 heavy (non-hydrogen) atoms. The summed E-state index contributed by atoms with van der Waals surface area (Å²) in [6.45, 7) is 1.86. The van der Waals surface area contributed by atoms with E-state index in [1.165, 1.54) is 11.1 Å². The first-order valence-corrected chi connectivity index (χ1v) is 5.28. The lowest BCUT2D eigenvalue weighted by Crippen LogP contribution is -1.89. The lowest BCUT2D eigenvalue weighted by molar-refractivity contribution is -0.107. The van der Waals surface area contributed by atoms with Crippen molar-refractivity contribution < 1.29 is 4.79 Å². The Hall–Kier alpha value is -1.55. The monoisotopic (exact) mass is 200 g/mol. The standard InChI is InChI=1S/C14H16O/c1-2-3-4-7-13-8-5-9-14(12-13)10-6-11-15/h5,8-9,11-12H,4,6-7,10H2,1H3. The molecule has 0 radical (unpaired) electrons. The number of rotatable bonds is 5. The molecule has 0 atom stereocenters. The van der Waals surface area contributed by atoms with Gasteiger partial charge in [0.1, 0.15) is 6.29 Å². The molecule has 0 aliphatic heterocycles. The molecule has 1 aromatic rings. The minimum Gasteiger partial charge on any atom is -0.303 e. The second kappa shape index (κ2) is 6.84. The van der Waals surface area contributed by atoms with E-state index in [1.54, 1.807) is 0 Å². The summed E-state index contributed by atoms with van der Waals surface area (Å²) in [6.07, 6.45) is 4.33. The van der Waals surface area contributed by atoms with Gasteiger partial charge in [-0.15, -0.1) is 11.8 Å². The van der Waals surface area contributed by atoms with Crippen molar-refractivity contribution in [1.82, 2.24) is 0 Å². The van der Waals surface area contributed by atoms with Gasteiger partial charge in [-0.25, -0.2) is 0 Å². The lowest BCUT2D eigenvalue weighted by atomic mass is 10.0. The van der Waals surface area contributed by atoms with E-state index < -0.39 is 0 Å². The Balaban J connectivity index is 2.55. The second-order valence-electron chi connectivity index (χ2n) is 3.45. The quantitative estimate of drug-likeness (QED) is 0.527. The van der Waals surface area contributed by atoms with Crippen molar-refractivity contribution in [1.29, 1.82) is 0 Å². The van der Waals surface area contributed by atoms with Crippen molar-refractivity contribution in [2.24, 2.45) is 0 Å². The van der Waals surface area contributed by atoms with Crippen LogP contribution in [0.3, 0.4) is 0 Å². The Morgan fingerprint density at radius 3 is 2.67 bits per heavy atom. The zero-order valence-corrected chi connectivity index (χ0v) is 9.12. The van der Waals surface area contributed by atoms with Crippen molar-refractivity contribution in [2.45, 2.75) is 32.6 Å². The van der Waals surface area contributed by atoms with E-state index in [0.717, 1.165) is 25.5 Å². The predicted molar refractivity (Wildman–Crippen MR) is 62.6 cm³/mol. The normalized spacial score (nSPS) is 9.13. The molecule has 0 spiro atoms. The van der Waals surface area contributed by atoms with E-state index in [1.807, 2.05) is 6.92 Å². The molecule has 0 saturated carbocycles. The summed E-state index contributed by atoms with van der Waals surface area (Å²) in [5.41, 5.74) is 2.55. The van der Waals surface area contributed by atoms with E-state index in [2.05, 4.69) is 36.1 Å². The molecule has 1 aromatic carbocycles. The SMILES string of the molecule is CC#CCCc1cccc(CCC=O)c1. The number of aldehydes is 1. The smallest absolute Gasteiger partial charge is 0.120 e. The van der Waals surface area contributed by atoms with Gasteiger partial charge in [-0.3, -0.25) is 0 Å². The molecule has 0 bridgehead atoms. The Bertz CT molecular complexity index is 368.